The number of unbranched alkanes of at least 4 members (excludes halogenated alkanes) is 1. The molecule has 6 nitrogen and oxygen atoms in total. The summed E-state index contributed by atoms with van der Waals surface area (Å²) in [7, 11) is 0. The molecular formula is C42H56N2O4. The molecule has 1 atom stereocenters. The van der Waals surface area contributed by atoms with E-state index in [9.17, 15) is 14.7 Å². The summed E-state index contributed by atoms with van der Waals surface area (Å²) in [6.07, 6.45) is 13.2. The molecule has 0 amide bonds. The Morgan fingerprint density at radius 1 is 0.771 bits per heavy atom. The van der Waals surface area contributed by atoms with Gasteiger partial charge in [0.1, 0.15) is 18.1 Å². The number of allylic oxidation sites excluding steroid dienone is 2. The van der Waals surface area contributed by atoms with Gasteiger partial charge >= 0.3 is 5.97 Å². The number of carbonyl (C=O) groups is 2. The maximum absolute atomic E-state index is 11.5. The number of carbonyl (C=O) groups excluding carboxylic acids is 1. The lowest BCUT2D eigenvalue weighted by Crippen LogP contribution is -2.30. The lowest BCUT2D eigenvalue weighted by atomic mass is 10.0. The van der Waals surface area contributed by atoms with Crippen LogP contribution in [0.4, 0.5) is 0 Å². The molecule has 1 aliphatic rings. The Kier molecular flexibility index (Phi) is 17.4. The van der Waals surface area contributed by atoms with Crippen molar-refractivity contribution in [2.75, 3.05) is 13.1 Å². The number of ketones is 1. The molecule has 0 saturated heterocycles. The number of hydrogen-bond acceptors (Lipinski definition) is 5. The van der Waals surface area contributed by atoms with E-state index >= 15 is 0 Å². The van der Waals surface area contributed by atoms with Crippen LogP contribution in [0.15, 0.2) is 114 Å². The van der Waals surface area contributed by atoms with E-state index in [0.717, 1.165) is 67.7 Å². The highest BCUT2D eigenvalue weighted by atomic mass is 16.5. The number of carboxylic acid groups (broad SMARTS) is 1. The van der Waals surface area contributed by atoms with Gasteiger partial charge in [-0.15, -0.1) is 0 Å². The highest BCUT2D eigenvalue weighted by molar-refractivity contribution is 5.87. The average molecular weight is 653 g/mol. The molecule has 258 valence electrons. The van der Waals surface area contributed by atoms with Crippen molar-refractivity contribution in [2.45, 2.75) is 92.3 Å². The first-order valence-corrected chi connectivity index (χ1v) is 16.9. The highest BCUT2D eigenvalue weighted by Gasteiger charge is 2.17. The van der Waals surface area contributed by atoms with Gasteiger partial charge in [-0.1, -0.05) is 106 Å². The minimum Gasteiger partial charge on any atom is -0.489 e. The Labute approximate surface area is 289 Å². The van der Waals surface area contributed by atoms with Gasteiger partial charge < -0.3 is 20.4 Å². The van der Waals surface area contributed by atoms with Gasteiger partial charge in [0.25, 0.3) is 0 Å². The molecule has 0 spiro atoms. The molecule has 3 aromatic carbocycles. The molecule has 0 heterocycles. The zero-order chi connectivity index (χ0) is 34.1. The molecule has 3 aromatic rings. The SMILES string of the molecule is C.CC.CC(=O)CCCCN(CCC1=C(OCc2ccc(CCc3ccccc3)cc2)C=CC(C)(N)C=C1)Cc1ccc(C(=O)O)cc1. The third-order valence-corrected chi connectivity index (χ3v) is 8.07. The fourth-order valence-corrected chi connectivity index (χ4v) is 5.29. The van der Waals surface area contributed by atoms with Gasteiger partial charge in [-0.2, -0.15) is 0 Å². The van der Waals surface area contributed by atoms with Gasteiger partial charge in [-0.25, -0.2) is 4.79 Å². The smallest absolute Gasteiger partial charge is 0.335 e. The number of rotatable bonds is 17. The number of ether oxygens (including phenoxy) is 1. The van der Waals surface area contributed by atoms with Gasteiger partial charge in [-0.3, -0.25) is 4.90 Å². The maximum Gasteiger partial charge on any atom is 0.335 e. The lowest BCUT2D eigenvalue weighted by Gasteiger charge is -2.23. The summed E-state index contributed by atoms with van der Waals surface area (Å²) in [5.41, 5.74) is 12.1. The van der Waals surface area contributed by atoms with Crippen LogP contribution < -0.4 is 5.73 Å². The van der Waals surface area contributed by atoms with Crippen molar-refractivity contribution in [2.24, 2.45) is 5.73 Å². The van der Waals surface area contributed by atoms with Crippen LogP contribution in [0.2, 0.25) is 0 Å². The fourth-order valence-electron chi connectivity index (χ4n) is 5.29. The van der Waals surface area contributed by atoms with E-state index in [1.54, 1.807) is 19.1 Å². The molecule has 0 fully saturated rings. The van der Waals surface area contributed by atoms with Crippen molar-refractivity contribution in [3.63, 3.8) is 0 Å². The van der Waals surface area contributed by atoms with E-state index in [1.165, 1.54) is 11.1 Å². The number of Topliss-reactive ketones (excluding diaryl/α,β-unsaturated/α-hetero) is 1. The molecule has 3 N–H and O–H groups in total. The number of aryl methyl sites for hydroxylation is 2. The quantitative estimate of drug-likeness (QED) is 0.141. The second-order valence-corrected chi connectivity index (χ2v) is 12.2. The minimum absolute atomic E-state index is 0. The molecule has 0 aliphatic heterocycles. The molecule has 48 heavy (non-hydrogen) atoms. The number of hydrogen-bond donors (Lipinski definition) is 2. The van der Waals surface area contributed by atoms with E-state index in [2.05, 4.69) is 59.5 Å². The van der Waals surface area contributed by atoms with Crippen LogP contribution in [-0.2, 0) is 35.5 Å². The standard InChI is InChI=1S/C39H46N2O4.C2H6.CH4/c1-30(42)8-6-7-26-41(28-33-17-19-36(20-18-33)38(43)44)27-23-35-21-24-39(2,40)25-22-37(35)45-29-34-15-13-32(14-16-34)12-11-31-9-4-3-5-10-31;1-2;/h3-5,9-10,13-22,24-25H,6-8,11-12,23,26-29,40H2,1-2H3,(H,43,44);1-2H3;1H4. The Bertz CT molecular complexity index is 1490. The van der Waals surface area contributed by atoms with Crippen molar-refractivity contribution < 1.29 is 19.4 Å². The molecule has 6 heteroatoms. The Hall–Kier alpha value is -4.26. The molecular weight excluding hydrogens is 596 g/mol. The topological polar surface area (TPSA) is 92.9 Å². The fraction of sp³-hybridized carbons (Fsp3) is 0.381. The van der Waals surface area contributed by atoms with Crippen molar-refractivity contribution in [3.05, 3.63) is 142 Å². The maximum atomic E-state index is 11.5. The Morgan fingerprint density at radius 2 is 1.35 bits per heavy atom. The summed E-state index contributed by atoms with van der Waals surface area (Å²) in [5.74, 6) is 0.0944. The predicted octanol–water partition coefficient (Wildman–Crippen LogP) is 9.10. The summed E-state index contributed by atoms with van der Waals surface area (Å²) in [5, 5.41) is 9.27. The van der Waals surface area contributed by atoms with Gasteiger partial charge in [0.2, 0.25) is 0 Å². The van der Waals surface area contributed by atoms with Gasteiger partial charge in [0.05, 0.1) is 11.1 Å². The molecule has 4 rings (SSSR count). The summed E-state index contributed by atoms with van der Waals surface area (Å²) in [6.45, 7) is 10.4. The Morgan fingerprint density at radius 3 is 1.98 bits per heavy atom. The van der Waals surface area contributed by atoms with E-state index < -0.39 is 11.5 Å². The number of nitrogens with zero attached hydrogens (tertiary/aromatic N) is 1. The molecule has 1 aliphatic carbocycles. The Balaban J connectivity index is 0.00000262. The van der Waals surface area contributed by atoms with E-state index in [1.807, 2.05) is 57.2 Å². The highest BCUT2D eigenvalue weighted by Crippen LogP contribution is 2.23. The first kappa shape index (κ1) is 39.9. The van der Waals surface area contributed by atoms with Gasteiger partial charge in [-0.05, 0) is 98.5 Å². The number of carboxylic acids is 1. The van der Waals surface area contributed by atoms with Gasteiger partial charge in [0.15, 0.2) is 0 Å². The third-order valence-electron chi connectivity index (χ3n) is 8.07. The van der Waals surface area contributed by atoms with Crippen LogP contribution in [0.3, 0.4) is 0 Å². The molecule has 0 radical (unpaired) electrons. The second kappa shape index (κ2) is 20.9. The van der Waals surface area contributed by atoms with Crippen LogP contribution in [0.25, 0.3) is 0 Å². The number of nitrogens with two attached hydrogens (primary N) is 1. The summed E-state index contributed by atoms with van der Waals surface area (Å²) in [4.78, 5) is 25.1. The third kappa shape index (κ3) is 14.2. The molecule has 0 aromatic heterocycles. The van der Waals surface area contributed by atoms with Crippen LogP contribution in [-0.4, -0.2) is 40.4 Å². The van der Waals surface area contributed by atoms with Crippen molar-refractivity contribution in [1.29, 1.82) is 0 Å². The van der Waals surface area contributed by atoms with Crippen LogP contribution in [0.5, 0.6) is 0 Å². The zero-order valence-electron chi connectivity index (χ0n) is 28.6. The monoisotopic (exact) mass is 652 g/mol. The summed E-state index contributed by atoms with van der Waals surface area (Å²) in [6, 6.07) is 26.2. The van der Waals surface area contributed by atoms with E-state index in [4.69, 9.17) is 10.5 Å². The van der Waals surface area contributed by atoms with Crippen LogP contribution >= 0.6 is 0 Å². The minimum atomic E-state index is -0.929. The van der Waals surface area contributed by atoms with Crippen LogP contribution in [0.1, 0.15) is 93.4 Å². The number of benzene rings is 3. The zero-order valence-corrected chi connectivity index (χ0v) is 28.6. The van der Waals surface area contributed by atoms with Crippen molar-refractivity contribution in [3.8, 4) is 0 Å². The average Bonchev–Trinajstić information content (AvgIpc) is 3.22. The van der Waals surface area contributed by atoms with Crippen molar-refractivity contribution in [1.82, 2.24) is 4.90 Å². The first-order valence-electron chi connectivity index (χ1n) is 16.9. The summed E-state index contributed by atoms with van der Waals surface area (Å²) >= 11 is 0. The van der Waals surface area contributed by atoms with Gasteiger partial charge in [0, 0.05) is 19.5 Å². The summed E-state index contributed by atoms with van der Waals surface area (Å²) < 4.78 is 6.41. The molecule has 0 bridgehead atoms. The molecule has 0 saturated carbocycles. The van der Waals surface area contributed by atoms with E-state index in [-0.39, 0.29) is 18.8 Å². The lowest BCUT2D eigenvalue weighted by molar-refractivity contribution is -0.117. The second-order valence-electron chi connectivity index (χ2n) is 12.2. The molecule has 1 unspecified atom stereocenters. The van der Waals surface area contributed by atoms with E-state index in [0.29, 0.717) is 19.6 Å². The van der Waals surface area contributed by atoms with Crippen molar-refractivity contribution >= 4 is 11.8 Å². The normalized spacial score (nSPS) is 15.3. The number of aromatic carboxylic acids is 1. The first-order chi connectivity index (χ1) is 22.7. The van der Waals surface area contributed by atoms with Crippen LogP contribution in [0, 0.1) is 0 Å². The predicted molar refractivity (Wildman–Crippen MR) is 199 cm³/mol. The largest absolute Gasteiger partial charge is 0.489 e.